The van der Waals surface area contributed by atoms with Crippen molar-refractivity contribution in [1.82, 2.24) is 5.16 Å². The van der Waals surface area contributed by atoms with E-state index in [4.69, 9.17) is 9.26 Å². The smallest absolute Gasteiger partial charge is 0.136 e. The van der Waals surface area contributed by atoms with Gasteiger partial charge in [-0.25, -0.2) is 0 Å². The summed E-state index contributed by atoms with van der Waals surface area (Å²) in [5.41, 5.74) is 2.20. The fourth-order valence-electron chi connectivity index (χ4n) is 2.53. The largest absolute Gasteiger partial charge is 0.494 e. The number of rotatable bonds is 8. The Morgan fingerprint density at radius 2 is 2.09 bits per heavy atom. The molecule has 0 radical (unpaired) electrons. The Morgan fingerprint density at radius 3 is 2.78 bits per heavy atom. The molecule has 2 heterocycles. The summed E-state index contributed by atoms with van der Waals surface area (Å²) < 4.78 is 11.0. The number of aromatic nitrogens is 1. The highest BCUT2D eigenvalue weighted by molar-refractivity contribution is 8.00. The number of thioether (sulfide) groups is 1. The zero-order valence-corrected chi connectivity index (χ0v) is 14.2. The number of aliphatic imine (C=N–C) groups is 1. The van der Waals surface area contributed by atoms with Gasteiger partial charge in [-0.2, -0.15) is 0 Å². The third-order valence-corrected chi connectivity index (χ3v) is 4.80. The molecule has 0 spiro atoms. The van der Waals surface area contributed by atoms with Gasteiger partial charge in [0.05, 0.1) is 12.3 Å². The van der Waals surface area contributed by atoms with Gasteiger partial charge in [0.1, 0.15) is 16.9 Å². The van der Waals surface area contributed by atoms with Crippen molar-refractivity contribution in [2.75, 3.05) is 12.4 Å². The predicted octanol–water partition coefficient (Wildman–Crippen LogP) is 4.59. The molecular formula is C18H22N2O2S. The van der Waals surface area contributed by atoms with E-state index in [9.17, 15) is 0 Å². The highest BCUT2D eigenvalue weighted by atomic mass is 32.2. The van der Waals surface area contributed by atoms with Gasteiger partial charge in [-0.05, 0) is 43.9 Å². The zero-order valence-electron chi connectivity index (χ0n) is 13.4. The maximum Gasteiger partial charge on any atom is 0.136 e. The van der Waals surface area contributed by atoms with Crippen molar-refractivity contribution in [3.63, 3.8) is 0 Å². The summed E-state index contributed by atoms with van der Waals surface area (Å²) in [7, 11) is 0. The molecule has 0 saturated heterocycles. The second kappa shape index (κ2) is 8.20. The molecule has 0 N–H and O–H groups in total. The first kappa shape index (κ1) is 16.1. The van der Waals surface area contributed by atoms with Gasteiger partial charge in [-0.15, -0.1) is 11.8 Å². The van der Waals surface area contributed by atoms with Gasteiger partial charge in [0, 0.05) is 24.5 Å². The minimum Gasteiger partial charge on any atom is -0.494 e. The summed E-state index contributed by atoms with van der Waals surface area (Å²) in [5.74, 6) is 2.93. The molecule has 0 aliphatic carbocycles. The van der Waals surface area contributed by atoms with Crippen LogP contribution in [0.15, 0.2) is 39.8 Å². The number of nitrogens with zero attached hydrogens (tertiary/aromatic N) is 2. The van der Waals surface area contributed by atoms with E-state index in [0.717, 1.165) is 55.2 Å². The van der Waals surface area contributed by atoms with Crippen molar-refractivity contribution >= 4 is 18.0 Å². The number of ether oxygens (including phenoxy) is 1. The van der Waals surface area contributed by atoms with Crippen LogP contribution in [0.2, 0.25) is 0 Å². The summed E-state index contributed by atoms with van der Waals surface area (Å²) in [5, 5.41) is 4.16. The van der Waals surface area contributed by atoms with E-state index in [1.807, 2.05) is 43.1 Å². The number of hydrogen-bond donors (Lipinski definition) is 0. The molecule has 1 aliphatic heterocycles. The summed E-state index contributed by atoms with van der Waals surface area (Å²) in [6, 6.07) is 10.3. The monoisotopic (exact) mass is 330 g/mol. The van der Waals surface area contributed by atoms with Crippen molar-refractivity contribution in [3.05, 3.63) is 47.3 Å². The molecule has 1 aromatic heterocycles. The molecular weight excluding hydrogens is 308 g/mol. The maximum atomic E-state index is 5.80. The van der Waals surface area contributed by atoms with Crippen LogP contribution in [0, 0.1) is 6.92 Å². The molecule has 23 heavy (non-hydrogen) atoms. The number of aryl methyl sites for hydroxylation is 2. The Hall–Kier alpha value is -1.75. The molecule has 1 aromatic carbocycles. The van der Waals surface area contributed by atoms with Crippen LogP contribution < -0.4 is 4.74 Å². The lowest BCUT2D eigenvalue weighted by Crippen LogP contribution is -1.98. The Bertz CT molecular complexity index is 637. The Kier molecular flexibility index (Phi) is 5.75. The molecule has 5 heteroatoms. The molecule has 4 nitrogen and oxygen atoms in total. The van der Waals surface area contributed by atoms with Crippen molar-refractivity contribution < 1.29 is 9.26 Å². The third-order valence-electron chi connectivity index (χ3n) is 3.75. The van der Waals surface area contributed by atoms with E-state index in [2.05, 4.69) is 22.3 Å². The van der Waals surface area contributed by atoms with Crippen LogP contribution in [0.25, 0.3) is 0 Å². The Balaban J connectivity index is 1.32. The van der Waals surface area contributed by atoms with E-state index < -0.39 is 0 Å². The normalized spacial score (nSPS) is 16.8. The lowest BCUT2D eigenvalue weighted by Gasteiger charge is -2.09. The van der Waals surface area contributed by atoms with Crippen molar-refractivity contribution in [2.24, 2.45) is 4.99 Å². The first-order chi connectivity index (χ1) is 11.3. The topological polar surface area (TPSA) is 47.6 Å². The lowest BCUT2D eigenvalue weighted by atomic mass is 10.1. The van der Waals surface area contributed by atoms with Crippen LogP contribution in [-0.2, 0) is 6.42 Å². The van der Waals surface area contributed by atoms with Gasteiger partial charge < -0.3 is 9.26 Å². The van der Waals surface area contributed by atoms with Gasteiger partial charge in [-0.3, -0.25) is 4.99 Å². The molecule has 1 aliphatic rings. The Labute approximate surface area is 141 Å². The zero-order chi connectivity index (χ0) is 15.9. The van der Waals surface area contributed by atoms with Gasteiger partial charge >= 0.3 is 0 Å². The molecule has 0 saturated carbocycles. The van der Waals surface area contributed by atoms with Crippen LogP contribution in [0.5, 0.6) is 5.75 Å². The first-order valence-electron chi connectivity index (χ1n) is 8.09. The van der Waals surface area contributed by atoms with E-state index in [0.29, 0.717) is 0 Å². The quantitative estimate of drug-likeness (QED) is 0.664. The first-order valence-corrected chi connectivity index (χ1v) is 9.14. The van der Waals surface area contributed by atoms with Crippen molar-refractivity contribution in [2.45, 2.75) is 38.0 Å². The molecule has 0 amide bonds. The van der Waals surface area contributed by atoms with Crippen LogP contribution in [-0.4, -0.2) is 23.7 Å². The highest BCUT2D eigenvalue weighted by Gasteiger charge is 2.13. The van der Waals surface area contributed by atoms with E-state index in [1.165, 1.54) is 5.56 Å². The van der Waals surface area contributed by atoms with Crippen molar-refractivity contribution in [3.8, 4) is 5.75 Å². The minimum atomic E-state index is 0.267. The maximum absolute atomic E-state index is 5.80. The molecule has 2 aromatic rings. The second-order valence-electron chi connectivity index (χ2n) is 5.68. The fourth-order valence-corrected chi connectivity index (χ4v) is 3.41. The highest BCUT2D eigenvalue weighted by Crippen LogP contribution is 2.33. The molecule has 0 bridgehead atoms. The van der Waals surface area contributed by atoms with E-state index in [1.54, 1.807) is 0 Å². The third kappa shape index (κ3) is 4.86. The SMILES string of the molecule is Cc1cc(CCCCCOc2ccc(C3N=CCS3)cc2)on1. The van der Waals surface area contributed by atoms with E-state index >= 15 is 0 Å². The van der Waals surface area contributed by atoms with Crippen LogP contribution in [0.3, 0.4) is 0 Å². The molecule has 1 atom stereocenters. The lowest BCUT2D eigenvalue weighted by molar-refractivity contribution is 0.303. The van der Waals surface area contributed by atoms with Gasteiger partial charge in [0.2, 0.25) is 0 Å². The molecule has 122 valence electrons. The molecule has 1 unspecified atom stereocenters. The van der Waals surface area contributed by atoms with Gasteiger partial charge in [0.25, 0.3) is 0 Å². The number of benzene rings is 1. The van der Waals surface area contributed by atoms with Crippen LogP contribution in [0.4, 0.5) is 0 Å². The van der Waals surface area contributed by atoms with Crippen LogP contribution >= 0.6 is 11.8 Å². The minimum absolute atomic E-state index is 0.267. The van der Waals surface area contributed by atoms with Gasteiger partial charge in [0.15, 0.2) is 0 Å². The van der Waals surface area contributed by atoms with E-state index in [-0.39, 0.29) is 5.37 Å². The standard InChI is InChI=1S/C18H22N2O2S/c1-14-13-17(22-20-14)5-3-2-4-11-21-16-8-6-15(7-9-16)18-19-10-12-23-18/h6-10,13,18H,2-5,11-12H2,1H3. The second-order valence-corrected chi connectivity index (χ2v) is 6.79. The molecule has 0 fully saturated rings. The van der Waals surface area contributed by atoms with Gasteiger partial charge in [-0.1, -0.05) is 17.3 Å². The predicted molar refractivity (Wildman–Crippen MR) is 94.4 cm³/mol. The average Bonchev–Trinajstić information content (AvgIpc) is 3.23. The van der Waals surface area contributed by atoms with Crippen molar-refractivity contribution in [1.29, 1.82) is 0 Å². The number of hydrogen-bond acceptors (Lipinski definition) is 5. The summed E-state index contributed by atoms with van der Waals surface area (Å²) in [6.45, 7) is 2.70. The number of unbranched alkanes of at least 4 members (excludes halogenated alkanes) is 2. The summed E-state index contributed by atoms with van der Waals surface area (Å²) >= 11 is 1.85. The van der Waals surface area contributed by atoms with Crippen LogP contribution in [0.1, 0.15) is 41.7 Å². The molecule has 3 rings (SSSR count). The summed E-state index contributed by atoms with van der Waals surface area (Å²) in [4.78, 5) is 4.44. The Morgan fingerprint density at radius 1 is 1.22 bits per heavy atom. The summed E-state index contributed by atoms with van der Waals surface area (Å²) in [6.07, 6.45) is 6.23. The average molecular weight is 330 g/mol. The fraction of sp³-hybridized carbons (Fsp3) is 0.444.